The van der Waals surface area contributed by atoms with Crippen LogP contribution in [0.3, 0.4) is 0 Å². The third-order valence-electron chi connectivity index (χ3n) is 5.03. The number of benzene rings is 3. The normalized spacial score (nSPS) is 10.8. The van der Waals surface area contributed by atoms with E-state index in [1.54, 1.807) is 18.3 Å². The second-order valence-electron chi connectivity index (χ2n) is 7.21. The summed E-state index contributed by atoms with van der Waals surface area (Å²) in [5.41, 5.74) is 11.3. The van der Waals surface area contributed by atoms with E-state index in [-0.39, 0.29) is 0 Å². The molecule has 0 bridgehead atoms. The van der Waals surface area contributed by atoms with Gasteiger partial charge >= 0.3 is 0 Å². The molecular weight excluding hydrogens is 372 g/mol. The Morgan fingerprint density at radius 1 is 0.800 bits per heavy atom. The number of hydrogen-bond donors (Lipinski definition) is 3. The van der Waals surface area contributed by atoms with Gasteiger partial charge in [0, 0.05) is 42.5 Å². The number of anilines is 1. The van der Waals surface area contributed by atoms with Crippen molar-refractivity contribution >= 4 is 22.5 Å². The Balaban J connectivity index is 1.35. The smallest absolute Gasteiger partial charge is 0.248 e. The molecule has 0 unspecified atom stereocenters. The minimum atomic E-state index is -0.449. The van der Waals surface area contributed by atoms with E-state index in [0.29, 0.717) is 12.1 Å². The lowest BCUT2D eigenvalue weighted by Gasteiger charge is -2.11. The highest BCUT2D eigenvalue weighted by Gasteiger charge is 2.06. The lowest BCUT2D eigenvalue weighted by atomic mass is 10.1. The number of nitrogens with one attached hydrogen (secondary N) is 2. The number of nitrogens with two attached hydrogens (primary N) is 1. The molecule has 0 radical (unpaired) electrons. The molecule has 150 valence electrons. The largest absolute Gasteiger partial charge is 0.380 e. The Hall–Kier alpha value is -3.70. The average Bonchev–Trinajstić information content (AvgIpc) is 2.79. The molecule has 1 heterocycles. The SMILES string of the molecule is NC(=O)c1ccc2c(NCc3ccc(CNCc4ccccc4)cc3)ccnc2c1. The van der Waals surface area contributed by atoms with Crippen molar-refractivity contribution in [2.45, 2.75) is 19.6 Å². The van der Waals surface area contributed by atoms with Crippen LogP contribution in [0.1, 0.15) is 27.0 Å². The summed E-state index contributed by atoms with van der Waals surface area (Å²) in [4.78, 5) is 15.7. The van der Waals surface area contributed by atoms with E-state index >= 15 is 0 Å². The van der Waals surface area contributed by atoms with Gasteiger partial charge in [0.1, 0.15) is 0 Å². The number of primary amides is 1. The lowest BCUT2D eigenvalue weighted by molar-refractivity contribution is 0.100. The van der Waals surface area contributed by atoms with Crippen LogP contribution in [0.25, 0.3) is 10.9 Å². The summed E-state index contributed by atoms with van der Waals surface area (Å²) in [6, 6.07) is 26.2. The van der Waals surface area contributed by atoms with Gasteiger partial charge in [0.15, 0.2) is 0 Å². The topological polar surface area (TPSA) is 80.0 Å². The quantitative estimate of drug-likeness (QED) is 0.416. The first-order valence-electron chi connectivity index (χ1n) is 9.94. The molecule has 1 aromatic heterocycles. The van der Waals surface area contributed by atoms with Crippen LogP contribution in [0.15, 0.2) is 85.1 Å². The maximum Gasteiger partial charge on any atom is 0.248 e. The number of hydrogen-bond acceptors (Lipinski definition) is 4. The van der Waals surface area contributed by atoms with Gasteiger partial charge in [-0.2, -0.15) is 0 Å². The first-order chi connectivity index (χ1) is 14.7. The summed E-state index contributed by atoms with van der Waals surface area (Å²) in [5, 5.41) is 7.90. The lowest BCUT2D eigenvalue weighted by Crippen LogP contribution is -2.12. The molecule has 4 rings (SSSR count). The van der Waals surface area contributed by atoms with Gasteiger partial charge in [0.25, 0.3) is 0 Å². The molecule has 0 atom stereocenters. The molecule has 4 aromatic rings. The molecular formula is C25H24N4O. The Labute approximate surface area is 176 Å². The molecule has 0 fully saturated rings. The predicted molar refractivity (Wildman–Crippen MR) is 121 cm³/mol. The summed E-state index contributed by atoms with van der Waals surface area (Å²) >= 11 is 0. The molecule has 4 N–H and O–H groups in total. The number of pyridine rings is 1. The summed E-state index contributed by atoms with van der Waals surface area (Å²) in [6.45, 7) is 2.39. The van der Waals surface area contributed by atoms with Crippen molar-refractivity contribution < 1.29 is 4.79 Å². The first kappa shape index (κ1) is 19.6. The molecule has 0 saturated heterocycles. The zero-order chi connectivity index (χ0) is 20.8. The average molecular weight is 396 g/mol. The van der Waals surface area contributed by atoms with Gasteiger partial charge in [0.2, 0.25) is 5.91 Å². The fourth-order valence-electron chi connectivity index (χ4n) is 3.37. The molecule has 0 saturated carbocycles. The van der Waals surface area contributed by atoms with E-state index < -0.39 is 5.91 Å². The van der Waals surface area contributed by atoms with Crippen molar-refractivity contribution in [3.8, 4) is 0 Å². The number of nitrogens with zero attached hydrogens (tertiary/aromatic N) is 1. The van der Waals surface area contributed by atoms with Crippen LogP contribution >= 0.6 is 0 Å². The monoisotopic (exact) mass is 396 g/mol. The fourth-order valence-corrected chi connectivity index (χ4v) is 3.37. The number of carbonyl (C=O) groups is 1. The van der Waals surface area contributed by atoms with Crippen LogP contribution in [-0.4, -0.2) is 10.9 Å². The van der Waals surface area contributed by atoms with E-state index in [9.17, 15) is 4.79 Å². The van der Waals surface area contributed by atoms with E-state index in [0.717, 1.165) is 29.7 Å². The Kier molecular flexibility index (Phi) is 6.01. The number of carbonyl (C=O) groups excluding carboxylic acids is 1. The van der Waals surface area contributed by atoms with E-state index in [1.165, 1.54) is 16.7 Å². The Bertz CT molecular complexity index is 1140. The molecule has 5 nitrogen and oxygen atoms in total. The standard InChI is InChI=1S/C25H24N4O/c26-25(30)21-10-11-22-23(12-13-28-24(22)14-21)29-17-20-8-6-19(7-9-20)16-27-15-18-4-2-1-3-5-18/h1-14,27H,15-17H2,(H2,26,30)(H,28,29). The maximum absolute atomic E-state index is 11.4. The minimum absolute atomic E-state index is 0.449. The number of aromatic nitrogens is 1. The van der Waals surface area contributed by atoms with Gasteiger partial charge in [-0.25, -0.2) is 0 Å². The maximum atomic E-state index is 11.4. The van der Waals surface area contributed by atoms with Crippen molar-refractivity contribution in [3.63, 3.8) is 0 Å². The highest BCUT2D eigenvalue weighted by Crippen LogP contribution is 2.23. The Morgan fingerprint density at radius 3 is 2.17 bits per heavy atom. The summed E-state index contributed by atoms with van der Waals surface area (Å²) in [7, 11) is 0. The van der Waals surface area contributed by atoms with Gasteiger partial charge in [-0.1, -0.05) is 54.6 Å². The summed E-state index contributed by atoms with van der Waals surface area (Å²) < 4.78 is 0. The number of amides is 1. The van der Waals surface area contributed by atoms with Crippen LogP contribution in [0.5, 0.6) is 0 Å². The van der Waals surface area contributed by atoms with Crippen molar-refractivity contribution in [2.75, 3.05) is 5.32 Å². The molecule has 5 heteroatoms. The van der Waals surface area contributed by atoms with Crippen LogP contribution < -0.4 is 16.4 Å². The minimum Gasteiger partial charge on any atom is -0.380 e. The molecule has 0 aliphatic carbocycles. The van der Waals surface area contributed by atoms with Gasteiger partial charge in [0.05, 0.1) is 5.52 Å². The van der Waals surface area contributed by atoms with Crippen LogP contribution in [0, 0.1) is 0 Å². The highest BCUT2D eigenvalue weighted by atomic mass is 16.1. The third kappa shape index (κ3) is 4.82. The van der Waals surface area contributed by atoms with Crippen LogP contribution in [0.4, 0.5) is 5.69 Å². The summed E-state index contributed by atoms with van der Waals surface area (Å²) in [5.74, 6) is -0.449. The molecule has 30 heavy (non-hydrogen) atoms. The van der Waals surface area contributed by atoms with Crippen molar-refractivity contribution in [2.24, 2.45) is 5.73 Å². The third-order valence-corrected chi connectivity index (χ3v) is 5.03. The highest BCUT2D eigenvalue weighted by molar-refractivity contribution is 5.99. The van der Waals surface area contributed by atoms with Gasteiger partial charge < -0.3 is 16.4 Å². The molecule has 3 aromatic carbocycles. The van der Waals surface area contributed by atoms with Crippen LogP contribution in [0.2, 0.25) is 0 Å². The zero-order valence-electron chi connectivity index (χ0n) is 16.6. The fraction of sp³-hybridized carbons (Fsp3) is 0.120. The molecule has 0 spiro atoms. The first-order valence-corrected chi connectivity index (χ1v) is 9.94. The Morgan fingerprint density at radius 2 is 1.47 bits per heavy atom. The van der Waals surface area contributed by atoms with Crippen molar-refractivity contribution in [3.05, 3.63) is 107 Å². The molecule has 0 aliphatic rings. The van der Waals surface area contributed by atoms with Crippen molar-refractivity contribution in [1.29, 1.82) is 0 Å². The summed E-state index contributed by atoms with van der Waals surface area (Å²) in [6.07, 6.45) is 1.73. The van der Waals surface area contributed by atoms with Gasteiger partial charge in [-0.05, 0) is 41.0 Å². The van der Waals surface area contributed by atoms with E-state index in [2.05, 4.69) is 64.1 Å². The molecule has 1 amide bonds. The van der Waals surface area contributed by atoms with Crippen LogP contribution in [-0.2, 0) is 19.6 Å². The molecule has 0 aliphatic heterocycles. The van der Waals surface area contributed by atoms with Gasteiger partial charge in [-0.3, -0.25) is 9.78 Å². The number of rotatable bonds is 8. The van der Waals surface area contributed by atoms with E-state index in [4.69, 9.17) is 5.73 Å². The van der Waals surface area contributed by atoms with E-state index in [1.807, 2.05) is 18.2 Å². The zero-order valence-corrected chi connectivity index (χ0v) is 16.6. The van der Waals surface area contributed by atoms with Gasteiger partial charge in [-0.15, -0.1) is 0 Å². The second kappa shape index (κ2) is 9.20. The number of fused-ring (bicyclic) bond motifs is 1. The van der Waals surface area contributed by atoms with Crippen molar-refractivity contribution in [1.82, 2.24) is 10.3 Å². The predicted octanol–water partition coefficient (Wildman–Crippen LogP) is 4.24. The second-order valence-corrected chi connectivity index (χ2v) is 7.21.